The Morgan fingerprint density at radius 2 is 1.53 bits per heavy atom. The zero-order chi connectivity index (χ0) is 13.9. The van der Waals surface area contributed by atoms with Crippen LogP contribution in [0.15, 0.2) is 24.3 Å². The van der Waals surface area contributed by atoms with E-state index in [1.165, 1.54) is 5.56 Å². The Labute approximate surface area is 115 Å². The van der Waals surface area contributed by atoms with Crippen LogP contribution in [0.5, 0.6) is 0 Å². The van der Waals surface area contributed by atoms with Gasteiger partial charge in [0.1, 0.15) is 0 Å². The van der Waals surface area contributed by atoms with Gasteiger partial charge in [0.15, 0.2) is 0 Å². The van der Waals surface area contributed by atoms with Crippen molar-refractivity contribution in [2.75, 3.05) is 39.4 Å². The Morgan fingerprint density at radius 1 is 0.947 bits per heavy atom. The molecule has 1 rings (SSSR count). The smallest absolute Gasteiger partial charge is 0.0558 e. The number of benzene rings is 1. The maximum atomic E-state index is 8.89. The van der Waals surface area contributed by atoms with Gasteiger partial charge in [-0.05, 0) is 11.1 Å². The molecule has 0 spiro atoms. The molecule has 5 nitrogen and oxygen atoms in total. The van der Waals surface area contributed by atoms with Crippen molar-refractivity contribution in [2.24, 2.45) is 5.73 Å². The molecule has 0 aliphatic rings. The Kier molecular flexibility index (Phi) is 8.36. The molecule has 5 heteroatoms. The molecule has 5 N–H and O–H groups in total. The quantitative estimate of drug-likeness (QED) is 0.431. The number of hydrogen-bond donors (Lipinski definition) is 4. The van der Waals surface area contributed by atoms with Gasteiger partial charge in [-0.15, -0.1) is 0 Å². The van der Waals surface area contributed by atoms with Crippen molar-refractivity contribution in [1.82, 2.24) is 10.2 Å². The first-order chi connectivity index (χ1) is 9.30. The normalized spacial score (nSPS) is 11.2. The summed E-state index contributed by atoms with van der Waals surface area (Å²) in [6, 6.07) is 8.24. The SMILES string of the molecule is NCc1ccc(CNCCN(CCO)CCO)cc1. The molecule has 0 heterocycles. The largest absolute Gasteiger partial charge is 0.395 e. The van der Waals surface area contributed by atoms with E-state index in [0.29, 0.717) is 19.6 Å². The molecule has 1 aromatic rings. The van der Waals surface area contributed by atoms with Crippen LogP contribution in [0.4, 0.5) is 0 Å². The molecule has 0 unspecified atom stereocenters. The van der Waals surface area contributed by atoms with Gasteiger partial charge >= 0.3 is 0 Å². The van der Waals surface area contributed by atoms with Crippen LogP contribution in [0.25, 0.3) is 0 Å². The summed E-state index contributed by atoms with van der Waals surface area (Å²) in [5.41, 5.74) is 7.92. The second-order valence-corrected chi connectivity index (χ2v) is 4.49. The standard InChI is InChI=1S/C14H25N3O2/c15-11-13-1-3-14(4-2-13)12-16-5-6-17(7-9-18)8-10-19/h1-4,16,18-19H,5-12,15H2. The van der Waals surface area contributed by atoms with Gasteiger partial charge < -0.3 is 21.3 Å². The number of aliphatic hydroxyl groups excluding tert-OH is 2. The van der Waals surface area contributed by atoms with E-state index in [2.05, 4.69) is 17.4 Å². The molecule has 0 bridgehead atoms. The second-order valence-electron chi connectivity index (χ2n) is 4.49. The highest BCUT2D eigenvalue weighted by atomic mass is 16.3. The number of nitrogens with one attached hydrogen (secondary N) is 1. The summed E-state index contributed by atoms with van der Waals surface area (Å²) in [4.78, 5) is 2.03. The van der Waals surface area contributed by atoms with Crippen molar-refractivity contribution in [3.63, 3.8) is 0 Å². The third kappa shape index (κ3) is 6.66. The summed E-state index contributed by atoms with van der Waals surface area (Å²) in [7, 11) is 0. The summed E-state index contributed by atoms with van der Waals surface area (Å²) in [5.74, 6) is 0. The van der Waals surface area contributed by atoms with E-state index in [-0.39, 0.29) is 13.2 Å². The van der Waals surface area contributed by atoms with Crippen LogP contribution in [0.2, 0.25) is 0 Å². The maximum absolute atomic E-state index is 8.89. The molecule has 0 aliphatic heterocycles. The van der Waals surface area contributed by atoms with Gasteiger partial charge in [0, 0.05) is 39.3 Å². The molecule has 0 saturated carbocycles. The van der Waals surface area contributed by atoms with Crippen LogP contribution in [0.3, 0.4) is 0 Å². The van der Waals surface area contributed by atoms with Crippen LogP contribution in [0, 0.1) is 0 Å². The molecule has 0 aromatic heterocycles. The minimum atomic E-state index is 0.126. The van der Waals surface area contributed by atoms with Crippen molar-refractivity contribution in [3.05, 3.63) is 35.4 Å². The number of nitrogens with two attached hydrogens (primary N) is 1. The lowest BCUT2D eigenvalue weighted by atomic mass is 10.1. The fourth-order valence-corrected chi connectivity index (χ4v) is 1.88. The highest BCUT2D eigenvalue weighted by molar-refractivity contribution is 5.22. The van der Waals surface area contributed by atoms with E-state index in [0.717, 1.165) is 25.2 Å². The predicted molar refractivity (Wildman–Crippen MR) is 76.7 cm³/mol. The Hall–Kier alpha value is -0.980. The van der Waals surface area contributed by atoms with Crippen LogP contribution in [-0.4, -0.2) is 54.5 Å². The third-order valence-corrected chi connectivity index (χ3v) is 3.03. The highest BCUT2D eigenvalue weighted by Crippen LogP contribution is 2.03. The number of rotatable bonds is 10. The molecule has 0 fully saturated rings. The van der Waals surface area contributed by atoms with E-state index in [9.17, 15) is 0 Å². The molecule has 108 valence electrons. The van der Waals surface area contributed by atoms with E-state index in [1.807, 2.05) is 17.0 Å². The van der Waals surface area contributed by atoms with Crippen molar-refractivity contribution in [1.29, 1.82) is 0 Å². The Balaban J connectivity index is 2.21. The van der Waals surface area contributed by atoms with Gasteiger partial charge in [-0.2, -0.15) is 0 Å². The van der Waals surface area contributed by atoms with Crippen LogP contribution in [0.1, 0.15) is 11.1 Å². The molecule has 0 radical (unpaired) electrons. The maximum Gasteiger partial charge on any atom is 0.0558 e. The predicted octanol–water partition coefficient (Wildman–Crippen LogP) is -0.478. The van der Waals surface area contributed by atoms with Crippen molar-refractivity contribution in [2.45, 2.75) is 13.1 Å². The summed E-state index contributed by atoms with van der Waals surface area (Å²) in [6.07, 6.45) is 0. The molecule has 0 saturated heterocycles. The summed E-state index contributed by atoms with van der Waals surface area (Å²) >= 11 is 0. The van der Waals surface area contributed by atoms with Gasteiger partial charge in [0.2, 0.25) is 0 Å². The van der Waals surface area contributed by atoms with E-state index in [1.54, 1.807) is 0 Å². The van der Waals surface area contributed by atoms with Gasteiger partial charge in [-0.25, -0.2) is 0 Å². The summed E-state index contributed by atoms with van der Waals surface area (Å²) < 4.78 is 0. The van der Waals surface area contributed by atoms with Crippen LogP contribution in [-0.2, 0) is 13.1 Å². The summed E-state index contributed by atoms with van der Waals surface area (Å²) in [6.45, 7) is 4.50. The van der Waals surface area contributed by atoms with Crippen LogP contribution >= 0.6 is 0 Å². The lowest BCUT2D eigenvalue weighted by Gasteiger charge is -2.20. The van der Waals surface area contributed by atoms with Crippen molar-refractivity contribution < 1.29 is 10.2 Å². The Bertz CT molecular complexity index is 324. The molecule has 0 atom stereocenters. The second kappa shape index (κ2) is 9.89. The van der Waals surface area contributed by atoms with E-state index >= 15 is 0 Å². The zero-order valence-electron chi connectivity index (χ0n) is 11.4. The summed E-state index contributed by atoms with van der Waals surface area (Å²) in [5, 5.41) is 21.1. The lowest BCUT2D eigenvalue weighted by molar-refractivity contribution is 0.161. The molecule has 0 aliphatic carbocycles. The van der Waals surface area contributed by atoms with Crippen LogP contribution < -0.4 is 11.1 Å². The van der Waals surface area contributed by atoms with Gasteiger partial charge in [0.25, 0.3) is 0 Å². The highest BCUT2D eigenvalue weighted by Gasteiger charge is 2.02. The van der Waals surface area contributed by atoms with E-state index < -0.39 is 0 Å². The molecular formula is C14H25N3O2. The average molecular weight is 267 g/mol. The zero-order valence-corrected chi connectivity index (χ0v) is 11.4. The Morgan fingerprint density at radius 3 is 2.05 bits per heavy atom. The van der Waals surface area contributed by atoms with Gasteiger partial charge in [-0.3, -0.25) is 4.90 Å². The monoisotopic (exact) mass is 267 g/mol. The van der Waals surface area contributed by atoms with Gasteiger partial charge in [-0.1, -0.05) is 24.3 Å². The molecule has 19 heavy (non-hydrogen) atoms. The minimum absolute atomic E-state index is 0.126. The number of nitrogens with zero attached hydrogens (tertiary/aromatic N) is 1. The first-order valence-corrected chi connectivity index (χ1v) is 6.72. The molecule has 1 aromatic carbocycles. The minimum Gasteiger partial charge on any atom is -0.395 e. The van der Waals surface area contributed by atoms with E-state index in [4.69, 9.17) is 15.9 Å². The van der Waals surface area contributed by atoms with Crippen molar-refractivity contribution in [3.8, 4) is 0 Å². The van der Waals surface area contributed by atoms with Gasteiger partial charge in [0.05, 0.1) is 13.2 Å². The first kappa shape index (κ1) is 16.1. The molecule has 0 amide bonds. The fraction of sp³-hybridized carbons (Fsp3) is 0.571. The fourth-order valence-electron chi connectivity index (χ4n) is 1.88. The number of aliphatic hydroxyl groups is 2. The lowest BCUT2D eigenvalue weighted by Crippen LogP contribution is -2.35. The number of hydrogen-bond acceptors (Lipinski definition) is 5. The topological polar surface area (TPSA) is 81.8 Å². The third-order valence-electron chi connectivity index (χ3n) is 3.03. The van der Waals surface area contributed by atoms with Crippen molar-refractivity contribution >= 4 is 0 Å². The average Bonchev–Trinajstić information content (AvgIpc) is 2.44. The first-order valence-electron chi connectivity index (χ1n) is 6.72. The molecular weight excluding hydrogens is 242 g/mol.